The molecule has 0 radical (unpaired) electrons. The van der Waals surface area contributed by atoms with Crippen LogP contribution < -0.4 is 0 Å². The van der Waals surface area contributed by atoms with Gasteiger partial charge in [-0.05, 0) is 124 Å². The molecule has 0 spiro atoms. The van der Waals surface area contributed by atoms with Gasteiger partial charge in [-0.3, -0.25) is 9.59 Å². The number of fused-ring (bicyclic) bond motifs is 4. The first-order valence-corrected chi connectivity index (χ1v) is 33.6. The average Bonchev–Trinajstić information content (AvgIpc) is 3.75. The van der Waals surface area contributed by atoms with E-state index in [0.29, 0.717) is 25.7 Å². The highest BCUT2D eigenvalue weighted by Crippen LogP contribution is 2.45. The van der Waals surface area contributed by atoms with Gasteiger partial charge >= 0.3 is 5.97 Å². The van der Waals surface area contributed by atoms with Gasteiger partial charge in [0.05, 0.1) is 49.1 Å². The van der Waals surface area contributed by atoms with E-state index in [9.17, 15) is 14.7 Å². The van der Waals surface area contributed by atoms with Gasteiger partial charge in [0.2, 0.25) is 0 Å². The van der Waals surface area contributed by atoms with Crippen LogP contribution in [0.5, 0.6) is 0 Å². The lowest BCUT2D eigenvalue weighted by Gasteiger charge is -2.47. The zero-order valence-corrected chi connectivity index (χ0v) is 48.1. The zero-order valence-electron chi connectivity index (χ0n) is 45.1. The van der Waals surface area contributed by atoms with Crippen molar-refractivity contribution < 1.29 is 42.2 Å². The Balaban J connectivity index is 2.26. The van der Waals surface area contributed by atoms with E-state index in [0.717, 1.165) is 16.7 Å². The molecule has 2 fully saturated rings. The van der Waals surface area contributed by atoms with Gasteiger partial charge in [-0.2, -0.15) is 0 Å². The molecule has 0 aromatic heterocycles. The molecule has 3 rings (SSSR count). The molecule has 2 saturated heterocycles. The van der Waals surface area contributed by atoms with E-state index in [-0.39, 0.29) is 88.3 Å². The van der Waals surface area contributed by atoms with Gasteiger partial charge in [-0.1, -0.05) is 119 Å². The van der Waals surface area contributed by atoms with Crippen LogP contribution in [0.3, 0.4) is 0 Å². The van der Waals surface area contributed by atoms with Crippen LogP contribution in [0.1, 0.15) is 149 Å². The number of Topliss-reactive ketones (excluding diaryl/α,β-unsaturated/α-hetero) is 1. The highest BCUT2D eigenvalue weighted by atomic mass is 28.4. The van der Waals surface area contributed by atoms with Crippen molar-refractivity contribution in [3.63, 3.8) is 0 Å². The number of aliphatic hydroxyl groups excluding tert-OH is 1. The molecule has 4 bridgehead atoms. The van der Waals surface area contributed by atoms with Crippen molar-refractivity contribution >= 4 is 36.7 Å². The van der Waals surface area contributed by atoms with Gasteiger partial charge in [0.15, 0.2) is 25.0 Å². The molecule has 12 atom stereocenters. The first-order chi connectivity index (χ1) is 29.5. The third kappa shape index (κ3) is 16.0. The summed E-state index contributed by atoms with van der Waals surface area (Å²) in [6.07, 6.45) is 6.84. The van der Waals surface area contributed by atoms with Crippen LogP contribution in [0, 0.1) is 17.8 Å². The highest BCUT2D eigenvalue weighted by molar-refractivity contribution is 6.75. The molecule has 3 heterocycles. The topological polar surface area (TPSA) is 110 Å². The first-order valence-electron chi connectivity index (χ1n) is 24.9. The summed E-state index contributed by atoms with van der Waals surface area (Å²) in [6, 6.07) is 0. The second-order valence-corrected chi connectivity index (χ2v) is 39.4. The molecule has 0 aromatic carbocycles. The van der Waals surface area contributed by atoms with Crippen molar-refractivity contribution in [3.05, 3.63) is 47.6 Å². The maximum absolute atomic E-state index is 14.0. The van der Waals surface area contributed by atoms with Gasteiger partial charge in [-0.25, -0.2) is 0 Å². The number of carbonyl (C=O) groups is 2. The summed E-state index contributed by atoms with van der Waals surface area (Å²) in [5.41, 5.74) is 3.01. The number of esters is 1. The molecule has 0 amide bonds. The largest absolute Gasteiger partial charge is 0.455 e. The molecule has 0 aromatic rings. The molecule has 3 aliphatic rings. The minimum absolute atomic E-state index is 0.0440. The standard InChI is InChI=1S/C53H96O9Si3/c1-34(2)24-23-25-43-44-27-26-41(57-44)31-40(54)29-36(4)42(55)32-46(60-63(17,18)51(8,9)10)39(7)35(3)28-38(6)49(61-64(19,20)52(11,12)13)50(62-65(21,22)53(14,15)16)47-30-37(5)45(58-47)33-48(56)59-43/h23-25,28,36-37,39,41-47,49-50,55H,6,26-27,29-33H2,1-5,7-22H3/b25-23+,35-28+/t36-,37+,39+,41+,42+,43?,44+,45-,46-,47+,49?,50-/m0/s1. The molecule has 0 aliphatic carbocycles. The molecule has 2 unspecified atom stereocenters. The van der Waals surface area contributed by atoms with Crippen LogP contribution in [0.15, 0.2) is 47.6 Å². The van der Waals surface area contributed by atoms with E-state index >= 15 is 0 Å². The lowest BCUT2D eigenvalue weighted by molar-refractivity contribution is -0.158. The highest BCUT2D eigenvalue weighted by Gasteiger charge is 2.51. The van der Waals surface area contributed by atoms with Gasteiger partial charge < -0.3 is 32.6 Å². The Hall–Kier alpha value is -1.49. The Labute approximate surface area is 400 Å². The fourth-order valence-corrected chi connectivity index (χ4v) is 12.2. The van der Waals surface area contributed by atoms with E-state index in [1.807, 2.05) is 39.0 Å². The average molecular weight is 962 g/mol. The number of ether oxygens (including phenoxy) is 3. The minimum Gasteiger partial charge on any atom is -0.455 e. The third-order valence-corrected chi connectivity index (χ3v) is 29.5. The molecule has 9 nitrogen and oxygen atoms in total. The number of allylic oxidation sites excluding steroid dienone is 3. The summed E-state index contributed by atoms with van der Waals surface area (Å²) in [7, 11) is -7.23. The smallest absolute Gasteiger partial charge is 0.309 e. The second-order valence-electron chi connectivity index (χ2n) is 25.1. The van der Waals surface area contributed by atoms with Crippen LogP contribution >= 0.6 is 0 Å². The molecular formula is C53H96O9Si3. The van der Waals surface area contributed by atoms with Crippen molar-refractivity contribution in [2.24, 2.45) is 17.8 Å². The molecule has 12 heteroatoms. The van der Waals surface area contributed by atoms with Crippen molar-refractivity contribution in [1.29, 1.82) is 0 Å². The normalized spacial score (nSPS) is 33.8. The zero-order chi connectivity index (χ0) is 49.8. The summed E-state index contributed by atoms with van der Waals surface area (Å²) in [5, 5.41) is 11.7. The molecule has 0 saturated carbocycles. The number of cyclic esters (lactones) is 1. The van der Waals surface area contributed by atoms with E-state index < -0.39 is 55.5 Å². The van der Waals surface area contributed by atoms with Gasteiger partial charge in [0.1, 0.15) is 18.0 Å². The number of aliphatic hydroxyl groups is 1. The lowest BCUT2D eigenvalue weighted by atomic mass is 9.86. The Morgan fingerprint density at radius 1 is 0.738 bits per heavy atom. The number of carbonyl (C=O) groups excluding carboxylic acids is 2. The summed E-state index contributed by atoms with van der Waals surface area (Å²) in [6.45, 7) is 51.2. The summed E-state index contributed by atoms with van der Waals surface area (Å²) >= 11 is 0. The Morgan fingerprint density at radius 2 is 1.29 bits per heavy atom. The molecular weight excluding hydrogens is 865 g/mol. The summed E-state index contributed by atoms with van der Waals surface area (Å²) in [4.78, 5) is 27.7. The van der Waals surface area contributed by atoms with E-state index in [1.165, 1.54) is 0 Å². The first kappa shape index (κ1) is 57.8. The van der Waals surface area contributed by atoms with Crippen LogP contribution in [0.25, 0.3) is 0 Å². The molecule has 374 valence electrons. The molecule has 65 heavy (non-hydrogen) atoms. The summed E-state index contributed by atoms with van der Waals surface area (Å²) in [5.74, 6) is -0.620. The fourth-order valence-electron chi connectivity index (χ4n) is 8.19. The van der Waals surface area contributed by atoms with Crippen molar-refractivity contribution in [1.82, 2.24) is 0 Å². The van der Waals surface area contributed by atoms with Crippen molar-refractivity contribution in [3.8, 4) is 0 Å². The number of rotatable bonds is 8. The molecule has 3 aliphatic heterocycles. The minimum atomic E-state index is -2.46. The van der Waals surface area contributed by atoms with Crippen LogP contribution in [0.4, 0.5) is 0 Å². The summed E-state index contributed by atoms with van der Waals surface area (Å²) < 4.78 is 42.1. The van der Waals surface area contributed by atoms with Gasteiger partial charge in [-0.15, -0.1) is 0 Å². The Morgan fingerprint density at radius 3 is 1.85 bits per heavy atom. The van der Waals surface area contributed by atoms with Crippen LogP contribution in [-0.4, -0.2) is 96.7 Å². The van der Waals surface area contributed by atoms with Crippen LogP contribution in [-0.2, 0) is 37.1 Å². The SMILES string of the molecule is C=C1/C=C(\C)[C@@H](C)[C@@H](O[Si](C)(C)C(C)(C)C)C[C@@H](O)[C@@H](C)CC(=O)C[C@H]2CC[C@@H](O2)C(/C=C/C=C(C)C)OC(=O)C[C@@H]2O[C@H](C[C@H]2C)[C@H](O[Si](C)(C)C(C)(C)C)C1O[Si](C)(C)C(C)(C)C. The maximum Gasteiger partial charge on any atom is 0.309 e. The Kier molecular flexibility index (Phi) is 20.0. The van der Waals surface area contributed by atoms with E-state index in [2.05, 4.69) is 128 Å². The van der Waals surface area contributed by atoms with Crippen molar-refractivity contribution in [2.75, 3.05) is 0 Å². The second kappa shape index (κ2) is 22.5. The van der Waals surface area contributed by atoms with E-state index in [4.69, 9.17) is 34.1 Å². The van der Waals surface area contributed by atoms with Crippen LogP contribution in [0.2, 0.25) is 54.4 Å². The fraction of sp³-hybridized carbons (Fsp3) is 0.811. The van der Waals surface area contributed by atoms with E-state index in [1.54, 1.807) is 0 Å². The Bertz CT molecular complexity index is 1710. The quantitative estimate of drug-likeness (QED) is 0.144. The lowest BCUT2D eigenvalue weighted by Crippen LogP contribution is -2.55. The third-order valence-electron chi connectivity index (χ3n) is 16.0. The number of hydrogen-bond acceptors (Lipinski definition) is 9. The maximum atomic E-state index is 14.0. The number of hydrogen-bond donors (Lipinski definition) is 1. The van der Waals surface area contributed by atoms with Gasteiger partial charge in [0.25, 0.3) is 0 Å². The molecule has 1 N–H and O–H groups in total. The van der Waals surface area contributed by atoms with Crippen molar-refractivity contribution in [2.45, 2.75) is 258 Å². The predicted molar refractivity (Wildman–Crippen MR) is 276 cm³/mol. The number of ketones is 1. The predicted octanol–water partition coefficient (Wildman–Crippen LogP) is 13.2. The van der Waals surface area contributed by atoms with Gasteiger partial charge in [0, 0.05) is 18.8 Å². The monoisotopic (exact) mass is 961 g/mol.